The molecule has 0 aliphatic carbocycles. The molecular formula is C30H27N5O3S. The van der Waals surface area contributed by atoms with Gasteiger partial charge in [-0.2, -0.15) is 5.10 Å². The highest BCUT2D eigenvalue weighted by molar-refractivity contribution is 7.12. The maximum absolute atomic E-state index is 12.9. The summed E-state index contributed by atoms with van der Waals surface area (Å²) in [4.78, 5) is 25.8. The van der Waals surface area contributed by atoms with Gasteiger partial charge in [0.15, 0.2) is 0 Å². The van der Waals surface area contributed by atoms with Gasteiger partial charge >= 0.3 is 0 Å². The molecule has 39 heavy (non-hydrogen) atoms. The van der Waals surface area contributed by atoms with Crippen LogP contribution >= 0.6 is 11.3 Å². The second-order valence-corrected chi connectivity index (χ2v) is 10.3. The molecule has 1 fully saturated rings. The Morgan fingerprint density at radius 1 is 0.846 bits per heavy atom. The minimum absolute atomic E-state index is 0.126. The summed E-state index contributed by atoms with van der Waals surface area (Å²) in [7, 11) is 0. The van der Waals surface area contributed by atoms with Crippen LogP contribution in [-0.4, -0.2) is 40.9 Å². The smallest absolute Gasteiger partial charge is 0.265 e. The first-order valence-electron chi connectivity index (χ1n) is 12.8. The Balaban J connectivity index is 1.10. The molecule has 196 valence electrons. The van der Waals surface area contributed by atoms with E-state index in [1.165, 1.54) is 11.3 Å². The highest BCUT2D eigenvalue weighted by Crippen LogP contribution is 2.24. The third kappa shape index (κ3) is 5.69. The Labute approximate surface area is 229 Å². The van der Waals surface area contributed by atoms with E-state index in [2.05, 4.69) is 21.0 Å². The van der Waals surface area contributed by atoms with Crippen LogP contribution in [0.25, 0.3) is 16.6 Å². The second kappa shape index (κ2) is 11.1. The number of ether oxygens (including phenoxy) is 1. The zero-order valence-electron chi connectivity index (χ0n) is 21.1. The molecule has 3 aromatic carbocycles. The lowest BCUT2D eigenvalue weighted by atomic mass is 10.1. The number of carbonyl (C=O) groups is 2. The largest absolute Gasteiger partial charge is 0.382 e. The van der Waals surface area contributed by atoms with Crippen molar-refractivity contribution in [1.82, 2.24) is 9.78 Å². The van der Waals surface area contributed by atoms with Crippen LogP contribution < -0.4 is 16.0 Å². The topological polar surface area (TPSA) is 97.3 Å². The van der Waals surface area contributed by atoms with Gasteiger partial charge in [-0.3, -0.25) is 9.59 Å². The zero-order chi connectivity index (χ0) is 26.6. The summed E-state index contributed by atoms with van der Waals surface area (Å²) in [5, 5.41) is 16.7. The van der Waals surface area contributed by atoms with E-state index in [-0.39, 0.29) is 11.8 Å². The van der Waals surface area contributed by atoms with Gasteiger partial charge in [0.25, 0.3) is 11.8 Å². The van der Waals surface area contributed by atoms with Crippen molar-refractivity contribution in [3.05, 3.63) is 101 Å². The number of anilines is 3. The van der Waals surface area contributed by atoms with Crippen LogP contribution in [0.15, 0.2) is 90.4 Å². The summed E-state index contributed by atoms with van der Waals surface area (Å²) < 4.78 is 7.24. The molecule has 1 saturated heterocycles. The van der Waals surface area contributed by atoms with Gasteiger partial charge in [0.05, 0.1) is 22.3 Å². The van der Waals surface area contributed by atoms with Gasteiger partial charge in [-0.15, -0.1) is 11.3 Å². The van der Waals surface area contributed by atoms with Crippen molar-refractivity contribution in [2.45, 2.75) is 18.9 Å². The predicted octanol–water partition coefficient (Wildman–Crippen LogP) is 6.18. The first-order chi connectivity index (χ1) is 19.1. The van der Waals surface area contributed by atoms with E-state index in [0.29, 0.717) is 27.9 Å². The minimum Gasteiger partial charge on any atom is -0.382 e. The summed E-state index contributed by atoms with van der Waals surface area (Å²) in [6.07, 6.45) is 3.75. The summed E-state index contributed by atoms with van der Waals surface area (Å²) in [6.45, 7) is 1.56. The van der Waals surface area contributed by atoms with E-state index < -0.39 is 0 Å². The molecule has 0 bridgehead atoms. The molecule has 3 N–H and O–H groups in total. The number of fused-ring (bicyclic) bond motifs is 1. The normalized spacial score (nSPS) is 13.7. The summed E-state index contributed by atoms with van der Waals surface area (Å²) in [6, 6.07) is 24.8. The number of nitrogens with zero attached hydrogens (tertiary/aromatic N) is 2. The molecule has 1 aliphatic heterocycles. The van der Waals surface area contributed by atoms with Crippen LogP contribution in [0, 0.1) is 0 Å². The summed E-state index contributed by atoms with van der Waals surface area (Å²) in [5.41, 5.74) is 4.78. The number of thiophene rings is 1. The van der Waals surface area contributed by atoms with Gasteiger partial charge in [0.2, 0.25) is 0 Å². The van der Waals surface area contributed by atoms with Crippen molar-refractivity contribution in [1.29, 1.82) is 0 Å². The lowest BCUT2D eigenvalue weighted by molar-refractivity contribution is 0.0904. The van der Waals surface area contributed by atoms with Gasteiger partial charge in [-0.1, -0.05) is 6.07 Å². The van der Waals surface area contributed by atoms with Crippen LogP contribution in [0.4, 0.5) is 17.1 Å². The van der Waals surface area contributed by atoms with Gasteiger partial charge in [-0.05, 0) is 91.0 Å². The van der Waals surface area contributed by atoms with E-state index >= 15 is 0 Å². The number of rotatable bonds is 7. The molecule has 3 heterocycles. The molecule has 0 unspecified atom stereocenters. The third-order valence-corrected chi connectivity index (χ3v) is 7.55. The van der Waals surface area contributed by atoms with Crippen molar-refractivity contribution in [3.8, 4) is 5.69 Å². The predicted molar refractivity (Wildman–Crippen MR) is 155 cm³/mol. The first-order valence-corrected chi connectivity index (χ1v) is 13.7. The number of aromatic nitrogens is 2. The number of hydrogen-bond donors (Lipinski definition) is 3. The number of amides is 2. The monoisotopic (exact) mass is 537 g/mol. The van der Waals surface area contributed by atoms with Crippen molar-refractivity contribution >= 4 is 51.1 Å². The SMILES string of the molecule is O=C(Nc1ccc2c(cnn2-c2ccc(NC(=O)c3cccs3)cc2)c1)c1ccc(NC2CCOCC2)cc1. The second-order valence-electron chi connectivity index (χ2n) is 9.37. The number of benzene rings is 3. The van der Waals surface area contributed by atoms with Crippen LogP contribution in [0.5, 0.6) is 0 Å². The Bertz CT molecular complexity index is 1590. The molecule has 2 amide bonds. The van der Waals surface area contributed by atoms with E-state index in [0.717, 1.165) is 48.3 Å². The maximum Gasteiger partial charge on any atom is 0.265 e. The highest BCUT2D eigenvalue weighted by atomic mass is 32.1. The van der Waals surface area contributed by atoms with Crippen molar-refractivity contribution < 1.29 is 14.3 Å². The number of hydrogen-bond acceptors (Lipinski definition) is 6. The quantitative estimate of drug-likeness (QED) is 0.230. The molecule has 1 aliphatic rings. The fourth-order valence-corrected chi connectivity index (χ4v) is 5.22. The Morgan fingerprint density at radius 3 is 2.31 bits per heavy atom. The van der Waals surface area contributed by atoms with Gasteiger partial charge in [0, 0.05) is 47.3 Å². The van der Waals surface area contributed by atoms with Crippen LogP contribution in [0.2, 0.25) is 0 Å². The Hall–Kier alpha value is -4.47. The van der Waals surface area contributed by atoms with E-state index in [1.54, 1.807) is 12.3 Å². The van der Waals surface area contributed by atoms with Crippen LogP contribution in [0.1, 0.15) is 32.9 Å². The fourth-order valence-electron chi connectivity index (χ4n) is 4.60. The first kappa shape index (κ1) is 24.8. The summed E-state index contributed by atoms with van der Waals surface area (Å²) >= 11 is 1.40. The van der Waals surface area contributed by atoms with Gasteiger partial charge in [0.1, 0.15) is 0 Å². The molecule has 9 heteroatoms. The number of nitrogens with one attached hydrogen (secondary N) is 3. The standard InChI is InChI=1S/C30H27N5O3S/c36-29(20-3-5-22(6-4-20)32-24-13-15-38-16-14-24)34-25-9-12-27-21(18-25)19-31-35(27)26-10-7-23(8-11-26)33-30(37)28-2-1-17-39-28/h1-12,17-19,24,32H,13-16H2,(H,33,37)(H,34,36). The minimum atomic E-state index is -0.167. The molecule has 0 radical (unpaired) electrons. The number of carbonyl (C=O) groups excluding carboxylic acids is 2. The molecule has 0 atom stereocenters. The van der Waals surface area contributed by atoms with Crippen LogP contribution in [-0.2, 0) is 4.74 Å². The Morgan fingerprint density at radius 2 is 1.56 bits per heavy atom. The average Bonchev–Trinajstić information content (AvgIpc) is 3.65. The van der Waals surface area contributed by atoms with Gasteiger partial charge < -0.3 is 20.7 Å². The third-order valence-electron chi connectivity index (χ3n) is 6.68. The lowest BCUT2D eigenvalue weighted by Crippen LogP contribution is -2.27. The van der Waals surface area contributed by atoms with Crippen LogP contribution in [0.3, 0.4) is 0 Å². The average molecular weight is 538 g/mol. The maximum atomic E-state index is 12.9. The van der Waals surface area contributed by atoms with Gasteiger partial charge in [-0.25, -0.2) is 4.68 Å². The van der Waals surface area contributed by atoms with E-state index in [4.69, 9.17) is 4.74 Å². The van der Waals surface area contributed by atoms with Crippen molar-refractivity contribution in [2.75, 3.05) is 29.2 Å². The van der Waals surface area contributed by atoms with E-state index in [1.807, 2.05) is 82.9 Å². The van der Waals surface area contributed by atoms with Crippen molar-refractivity contribution in [2.24, 2.45) is 0 Å². The molecule has 5 aromatic rings. The molecule has 2 aromatic heterocycles. The molecule has 6 rings (SSSR count). The summed E-state index contributed by atoms with van der Waals surface area (Å²) in [5.74, 6) is -0.293. The highest BCUT2D eigenvalue weighted by Gasteiger charge is 2.14. The molecule has 0 saturated carbocycles. The van der Waals surface area contributed by atoms with Crippen molar-refractivity contribution in [3.63, 3.8) is 0 Å². The molecule has 0 spiro atoms. The molecule has 8 nitrogen and oxygen atoms in total. The van der Waals surface area contributed by atoms with E-state index in [9.17, 15) is 9.59 Å². The Kier molecular flexibility index (Phi) is 7.07. The fraction of sp³-hybridized carbons (Fsp3) is 0.167. The zero-order valence-corrected chi connectivity index (χ0v) is 21.9. The lowest BCUT2D eigenvalue weighted by Gasteiger charge is -2.24. The molecular weight excluding hydrogens is 510 g/mol.